The Morgan fingerprint density at radius 1 is 1.05 bits per heavy atom. The Morgan fingerprint density at radius 3 is 2.32 bits per heavy atom. The number of ether oxygens (including phenoxy) is 1. The normalized spacial score (nSPS) is 19.3. The minimum Gasteiger partial charge on any atom is -0.412 e. The van der Waals surface area contributed by atoms with Crippen LogP contribution in [-0.4, -0.2) is 17.5 Å². The van der Waals surface area contributed by atoms with E-state index in [1.54, 1.807) is 11.0 Å². The summed E-state index contributed by atoms with van der Waals surface area (Å²) in [7, 11) is 0. The van der Waals surface area contributed by atoms with Crippen molar-refractivity contribution >= 4 is 12.2 Å². The lowest BCUT2D eigenvalue weighted by Crippen LogP contribution is -2.27. The summed E-state index contributed by atoms with van der Waals surface area (Å²) in [5, 5.41) is 0. The van der Waals surface area contributed by atoms with Crippen molar-refractivity contribution in [3.05, 3.63) is 90.2 Å². The van der Waals surface area contributed by atoms with Gasteiger partial charge in [-0.25, -0.2) is 4.79 Å². The molecule has 110 valence electrons. The molecule has 0 aromatic heterocycles. The summed E-state index contributed by atoms with van der Waals surface area (Å²) in [6, 6.07) is 19.5. The molecule has 1 unspecified atom stereocenters. The van der Waals surface area contributed by atoms with Crippen LogP contribution in [0.1, 0.15) is 17.2 Å². The van der Waals surface area contributed by atoms with Crippen molar-refractivity contribution in [3.8, 4) is 0 Å². The molecule has 1 amide bonds. The molecule has 3 heteroatoms. The summed E-state index contributed by atoms with van der Waals surface area (Å²) in [4.78, 5) is 13.8. The summed E-state index contributed by atoms with van der Waals surface area (Å²) in [5.74, 6) is 0.643. The highest BCUT2D eigenvalue weighted by atomic mass is 16.6. The first-order chi connectivity index (χ1) is 10.8. The van der Waals surface area contributed by atoms with E-state index in [1.807, 2.05) is 66.7 Å². The van der Waals surface area contributed by atoms with Gasteiger partial charge in [-0.15, -0.1) is 6.58 Å². The van der Waals surface area contributed by atoms with Gasteiger partial charge in [0.05, 0.1) is 0 Å². The van der Waals surface area contributed by atoms with E-state index >= 15 is 0 Å². The molecule has 3 nitrogen and oxygen atoms in total. The van der Waals surface area contributed by atoms with Crippen molar-refractivity contribution in [1.82, 2.24) is 4.90 Å². The lowest BCUT2D eigenvalue weighted by atomic mass is 10.0. The Bertz CT molecular complexity index is 692. The van der Waals surface area contributed by atoms with Gasteiger partial charge in [0.1, 0.15) is 11.8 Å². The average molecular weight is 291 g/mol. The summed E-state index contributed by atoms with van der Waals surface area (Å²) < 4.78 is 5.50. The van der Waals surface area contributed by atoms with E-state index in [2.05, 4.69) is 6.58 Å². The monoisotopic (exact) mass is 291 g/mol. The van der Waals surface area contributed by atoms with Gasteiger partial charge in [0.25, 0.3) is 0 Å². The lowest BCUT2D eigenvalue weighted by molar-refractivity contribution is 0.169. The zero-order valence-corrected chi connectivity index (χ0v) is 12.2. The number of hydrogen-bond acceptors (Lipinski definition) is 2. The number of nitrogens with zero attached hydrogens (tertiary/aromatic N) is 1. The number of carbonyl (C=O) groups is 1. The largest absolute Gasteiger partial charge is 0.416 e. The number of rotatable bonds is 4. The molecule has 22 heavy (non-hydrogen) atoms. The smallest absolute Gasteiger partial charge is 0.412 e. The van der Waals surface area contributed by atoms with Crippen LogP contribution in [0.2, 0.25) is 0 Å². The molecule has 1 fully saturated rings. The van der Waals surface area contributed by atoms with Crippen LogP contribution in [0.4, 0.5) is 4.79 Å². The predicted molar refractivity (Wildman–Crippen MR) is 87.0 cm³/mol. The minimum absolute atomic E-state index is 0.216. The van der Waals surface area contributed by atoms with Crippen molar-refractivity contribution in [3.63, 3.8) is 0 Å². The molecule has 0 saturated carbocycles. The van der Waals surface area contributed by atoms with Crippen LogP contribution in [0.3, 0.4) is 0 Å². The molecular weight excluding hydrogens is 274 g/mol. The second-order valence-corrected chi connectivity index (χ2v) is 5.08. The number of hydrogen-bond donors (Lipinski definition) is 0. The fourth-order valence-electron chi connectivity index (χ4n) is 2.59. The van der Waals surface area contributed by atoms with E-state index in [0.29, 0.717) is 12.3 Å². The molecule has 0 bridgehead atoms. The molecule has 1 aliphatic rings. The third-order valence-electron chi connectivity index (χ3n) is 3.57. The maximum Gasteiger partial charge on any atom is 0.416 e. The van der Waals surface area contributed by atoms with Gasteiger partial charge in [0.2, 0.25) is 0 Å². The zero-order valence-electron chi connectivity index (χ0n) is 12.2. The topological polar surface area (TPSA) is 29.5 Å². The third-order valence-corrected chi connectivity index (χ3v) is 3.57. The van der Waals surface area contributed by atoms with Crippen LogP contribution in [0.15, 0.2) is 79.1 Å². The van der Waals surface area contributed by atoms with Gasteiger partial charge in [0, 0.05) is 6.54 Å². The van der Waals surface area contributed by atoms with E-state index in [0.717, 1.165) is 11.1 Å². The Kier molecular flexibility index (Phi) is 4.05. The second-order valence-electron chi connectivity index (χ2n) is 5.08. The van der Waals surface area contributed by atoms with Gasteiger partial charge in [-0.2, -0.15) is 0 Å². The van der Waals surface area contributed by atoms with Crippen molar-refractivity contribution in [1.29, 1.82) is 0 Å². The third kappa shape index (κ3) is 2.79. The number of cyclic esters (lactones) is 1. The van der Waals surface area contributed by atoms with Crippen LogP contribution in [0.5, 0.6) is 0 Å². The first-order valence-corrected chi connectivity index (χ1v) is 7.20. The molecule has 2 aromatic carbocycles. The second kappa shape index (κ2) is 6.31. The first-order valence-electron chi connectivity index (χ1n) is 7.20. The van der Waals surface area contributed by atoms with Crippen molar-refractivity contribution in [2.75, 3.05) is 6.54 Å². The van der Waals surface area contributed by atoms with E-state index < -0.39 is 0 Å². The Balaban J connectivity index is 2.03. The molecule has 1 heterocycles. The van der Waals surface area contributed by atoms with Crippen LogP contribution in [0.25, 0.3) is 6.08 Å². The molecule has 1 aliphatic heterocycles. The molecule has 1 saturated heterocycles. The Morgan fingerprint density at radius 2 is 1.68 bits per heavy atom. The molecule has 1 atom stereocenters. The average Bonchev–Trinajstić information content (AvgIpc) is 2.85. The molecule has 0 spiro atoms. The maximum atomic E-state index is 12.2. The van der Waals surface area contributed by atoms with Gasteiger partial charge in [0.15, 0.2) is 0 Å². The quantitative estimate of drug-likeness (QED) is 0.781. The van der Waals surface area contributed by atoms with Crippen LogP contribution < -0.4 is 0 Å². The van der Waals surface area contributed by atoms with Gasteiger partial charge < -0.3 is 4.74 Å². The van der Waals surface area contributed by atoms with Gasteiger partial charge in [-0.05, 0) is 17.2 Å². The fourth-order valence-corrected chi connectivity index (χ4v) is 2.59. The van der Waals surface area contributed by atoms with Crippen LogP contribution in [-0.2, 0) is 4.74 Å². The van der Waals surface area contributed by atoms with E-state index in [-0.39, 0.29) is 12.1 Å². The zero-order chi connectivity index (χ0) is 15.4. The molecule has 0 radical (unpaired) electrons. The summed E-state index contributed by atoms with van der Waals surface area (Å²) in [5.41, 5.74) is 2.03. The van der Waals surface area contributed by atoms with Crippen LogP contribution >= 0.6 is 0 Å². The van der Waals surface area contributed by atoms with Gasteiger partial charge in [-0.1, -0.05) is 66.7 Å². The summed E-state index contributed by atoms with van der Waals surface area (Å²) in [6.45, 7) is 4.18. The van der Waals surface area contributed by atoms with Crippen molar-refractivity contribution < 1.29 is 9.53 Å². The molecule has 0 N–H and O–H groups in total. The minimum atomic E-state index is -0.337. The number of amides is 1. The summed E-state index contributed by atoms with van der Waals surface area (Å²) in [6.07, 6.45) is 3.29. The van der Waals surface area contributed by atoms with Crippen molar-refractivity contribution in [2.24, 2.45) is 0 Å². The summed E-state index contributed by atoms with van der Waals surface area (Å²) >= 11 is 0. The molecule has 0 aliphatic carbocycles. The highest BCUT2D eigenvalue weighted by Gasteiger charge is 2.37. The molecular formula is C19H17NO2. The predicted octanol–water partition coefficient (Wildman–Crippen LogP) is 4.41. The maximum absolute atomic E-state index is 12.2. The van der Waals surface area contributed by atoms with Gasteiger partial charge >= 0.3 is 6.09 Å². The SMILES string of the molecule is C=CCN1C(=O)O/C(=C\c2ccccc2)C1c1ccccc1. The highest BCUT2D eigenvalue weighted by molar-refractivity contribution is 5.76. The highest BCUT2D eigenvalue weighted by Crippen LogP contribution is 2.37. The van der Waals surface area contributed by atoms with E-state index in [1.165, 1.54) is 0 Å². The molecule has 3 rings (SSSR count). The standard InChI is InChI=1S/C19H17NO2/c1-2-13-20-18(16-11-7-4-8-12-16)17(22-19(20)21)14-15-9-5-3-6-10-15/h2-12,14,18H,1,13H2/b17-14-. The van der Waals surface area contributed by atoms with E-state index in [4.69, 9.17) is 4.74 Å². The first kappa shape index (κ1) is 14.1. The number of carbonyl (C=O) groups excluding carboxylic acids is 1. The Hall–Kier alpha value is -2.81. The van der Waals surface area contributed by atoms with Gasteiger partial charge in [-0.3, -0.25) is 4.90 Å². The number of benzene rings is 2. The lowest BCUT2D eigenvalue weighted by Gasteiger charge is -2.20. The van der Waals surface area contributed by atoms with Crippen molar-refractivity contribution in [2.45, 2.75) is 6.04 Å². The fraction of sp³-hybridized carbons (Fsp3) is 0.105. The van der Waals surface area contributed by atoms with Crippen LogP contribution in [0, 0.1) is 0 Å². The molecule has 2 aromatic rings. The van der Waals surface area contributed by atoms with E-state index in [9.17, 15) is 4.79 Å². The Labute approximate surface area is 130 Å².